The molecule has 2 heteroatoms. The van der Waals surface area contributed by atoms with Crippen LogP contribution >= 0.6 is 0 Å². The van der Waals surface area contributed by atoms with Crippen molar-refractivity contribution in [1.82, 2.24) is 0 Å². The van der Waals surface area contributed by atoms with Crippen molar-refractivity contribution in [1.29, 1.82) is 0 Å². The molecule has 0 aliphatic rings. The van der Waals surface area contributed by atoms with Crippen molar-refractivity contribution in [2.45, 2.75) is 51.2 Å². The van der Waals surface area contributed by atoms with Crippen LogP contribution < -0.4 is 5.73 Å². The molecule has 2 nitrogen and oxygen atoms in total. The van der Waals surface area contributed by atoms with Crippen LogP contribution in [0.15, 0.2) is 30.3 Å². The van der Waals surface area contributed by atoms with Gasteiger partial charge in [0, 0.05) is 6.04 Å². The Morgan fingerprint density at radius 2 is 1.88 bits per heavy atom. The van der Waals surface area contributed by atoms with Crippen LogP contribution in [0, 0.1) is 0 Å². The molecule has 0 heterocycles. The van der Waals surface area contributed by atoms with E-state index in [1.807, 2.05) is 30.3 Å². The van der Waals surface area contributed by atoms with Gasteiger partial charge < -0.3 is 10.8 Å². The number of nitrogens with two attached hydrogens (primary N) is 1. The van der Waals surface area contributed by atoms with E-state index in [1.54, 1.807) is 0 Å². The van der Waals surface area contributed by atoms with Gasteiger partial charge in [0.25, 0.3) is 0 Å². The van der Waals surface area contributed by atoms with E-state index in [1.165, 1.54) is 19.3 Å². The highest BCUT2D eigenvalue weighted by molar-refractivity contribution is 5.17. The van der Waals surface area contributed by atoms with Crippen molar-refractivity contribution in [3.63, 3.8) is 0 Å². The largest absolute Gasteiger partial charge is 0.388 e. The van der Waals surface area contributed by atoms with E-state index in [2.05, 4.69) is 6.92 Å². The number of rotatable bonds is 7. The molecule has 0 spiro atoms. The zero-order chi connectivity index (χ0) is 11.8. The second-order valence-electron chi connectivity index (χ2n) is 4.42. The molecule has 2 atom stereocenters. The minimum absolute atomic E-state index is 0.113. The molecule has 0 fully saturated rings. The highest BCUT2D eigenvalue weighted by Crippen LogP contribution is 2.19. The van der Waals surface area contributed by atoms with E-state index in [-0.39, 0.29) is 6.04 Å². The lowest BCUT2D eigenvalue weighted by atomic mass is 9.99. The van der Waals surface area contributed by atoms with E-state index in [0.29, 0.717) is 6.42 Å². The maximum atomic E-state index is 9.97. The summed E-state index contributed by atoms with van der Waals surface area (Å²) in [6.45, 7) is 2.18. The van der Waals surface area contributed by atoms with Gasteiger partial charge in [0.05, 0.1) is 6.10 Å². The number of unbranched alkanes of at least 4 members (excludes halogenated alkanes) is 2. The van der Waals surface area contributed by atoms with Crippen LogP contribution in [0.5, 0.6) is 0 Å². The van der Waals surface area contributed by atoms with Crippen LogP contribution in [0.3, 0.4) is 0 Å². The molecule has 3 N–H and O–H groups in total. The Hall–Kier alpha value is -0.860. The van der Waals surface area contributed by atoms with Crippen LogP contribution in [-0.2, 0) is 0 Å². The summed E-state index contributed by atoms with van der Waals surface area (Å²) in [6.07, 6.45) is 4.87. The van der Waals surface area contributed by atoms with Crippen molar-refractivity contribution < 1.29 is 5.11 Å². The van der Waals surface area contributed by atoms with Gasteiger partial charge in [-0.15, -0.1) is 0 Å². The van der Waals surface area contributed by atoms with Crippen molar-refractivity contribution in [2.24, 2.45) is 5.73 Å². The van der Waals surface area contributed by atoms with Crippen molar-refractivity contribution in [3.05, 3.63) is 35.9 Å². The summed E-state index contributed by atoms with van der Waals surface area (Å²) < 4.78 is 0. The summed E-state index contributed by atoms with van der Waals surface area (Å²) in [5.41, 5.74) is 6.96. The number of benzene rings is 1. The predicted octanol–water partition coefficient (Wildman–Crippen LogP) is 3.02. The lowest BCUT2D eigenvalue weighted by Gasteiger charge is -2.16. The minimum Gasteiger partial charge on any atom is -0.388 e. The van der Waals surface area contributed by atoms with Crippen molar-refractivity contribution in [2.75, 3.05) is 0 Å². The number of hydrogen-bond acceptors (Lipinski definition) is 2. The second kappa shape index (κ2) is 7.42. The molecule has 0 radical (unpaired) electrons. The minimum atomic E-state index is -0.419. The number of hydrogen-bond donors (Lipinski definition) is 2. The summed E-state index contributed by atoms with van der Waals surface area (Å²) in [6, 6.07) is 9.86. The Morgan fingerprint density at radius 1 is 1.19 bits per heavy atom. The van der Waals surface area contributed by atoms with Gasteiger partial charge in [0.2, 0.25) is 0 Å². The smallest absolute Gasteiger partial charge is 0.0804 e. The molecule has 0 aromatic heterocycles. The zero-order valence-corrected chi connectivity index (χ0v) is 10.1. The van der Waals surface area contributed by atoms with Crippen molar-refractivity contribution in [3.8, 4) is 0 Å². The Balaban J connectivity index is 2.31. The van der Waals surface area contributed by atoms with Crippen molar-refractivity contribution >= 4 is 0 Å². The Labute approximate surface area is 98.5 Å². The van der Waals surface area contributed by atoms with E-state index in [4.69, 9.17) is 5.73 Å². The molecule has 90 valence electrons. The molecule has 1 aromatic rings. The molecule has 1 aromatic carbocycles. The summed E-state index contributed by atoms with van der Waals surface area (Å²) in [5.74, 6) is 0. The maximum absolute atomic E-state index is 9.97. The molecule has 0 saturated carbocycles. The molecular formula is C14H23NO. The molecule has 0 amide bonds. The van der Waals surface area contributed by atoms with Crippen LogP contribution in [0.4, 0.5) is 0 Å². The molecule has 16 heavy (non-hydrogen) atoms. The average molecular weight is 221 g/mol. The normalized spacial score (nSPS) is 14.7. The highest BCUT2D eigenvalue weighted by atomic mass is 16.3. The summed E-state index contributed by atoms with van der Waals surface area (Å²) >= 11 is 0. The SMILES string of the molecule is CCCCCC(N)CC(O)c1ccccc1. The van der Waals surface area contributed by atoms with Gasteiger partial charge in [-0.2, -0.15) is 0 Å². The van der Waals surface area contributed by atoms with Gasteiger partial charge >= 0.3 is 0 Å². The van der Waals surface area contributed by atoms with Gasteiger partial charge in [-0.05, 0) is 18.4 Å². The molecule has 0 aliphatic carbocycles. The molecule has 2 unspecified atom stereocenters. The summed E-state index contributed by atoms with van der Waals surface area (Å²) in [4.78, 5) is 0. The third-order valence-corrected chi connectivity index (χ3v) is 2.89. The standard InChI is InChI=1S/C14H23NO/c1-2-3-5-10-13(15)11-14(16)12-8-6-4-7-9-12/h4,6-9,13-14,16H,2-3,5,10-11,15H2,1H3. The molecule has 0 saturated heterocycles. The molecule has 0 bridgehead atoms. The fourth-order valence-electron chi connectivity index (χ4n) is 1.87. The first-order valence-corrected chi connectivity index (χ1v) is 6.22. The lowest BCUT2D eigenvalue weighted by molar-refractivity contribution is 0.156. The average Bonchev–Trinajstić information content (AvgIpc) is 2.30. The van der Waals surface area contributed by atoms with Gasteiger partial charge in [-0.3, -0.25) is 0 Å². The third kappa shape index (κ3) is 4.77. The fraction of sp³-hybridized carbons (Fsp3) is 0.571. The highest BCUT2D eigenvalue weighted by Gasteiger charge is 2.11. The Kier molecular flexibility index (Phi) is 6.12. The molecular weight excluding hydrogens is 198 g/mol. The van der Waals surface area contributed by atoms with E-state index >= 15 is 0 Å². The van der Waals surface area contributed by atoms with Crippen LogP contribution in [-0.4, -0.2) is 11.1 Å². The maximum Gasteiger partial charge on any atom is 0.0804 e. The summed E-state index contributed by atoms with van der Waals surface area (Å²) in [5, 5.41) is 9.97. The monoisotopic (exact) mass is 221 g/mol. The van der Waals surface area contributed by atoms with Gasteiger partial charge in [0.1, 0.15) is 0 Å². The topological polar surface area (TPSA) is 46.2 Å². The van der Waals surface area contributed by atoms with E-state index in [0.717, 1.165) is 12.0 Å². The van der Waals surface area contributed by atoms with E-state index in [9.17, 15) is 5.11 Å². The van der Waals surface area contributed by atoms with Gasteiger partial charge in [0.15, 0.2) is 0 Å². The Bertz CT molecular complexity index is 273. The molecule has 1 rings (SSSR count). The summed E-state index contributed by atoms with van der Waals surface area (Å²) in [7, 11) is 0. The second-order valence-corrected chi connectivity index (χ2v) is 4.42. The van der Waals surface area contributed by atoms with Gasteiger partial charge in [-0.1, -0.05) is 56.5 Å². The third-order valence-electron chi connectivity index (χ3n) is 2.89. The van der Waals surface area contributed by atoms with Crippen LogP contribution in [0.2, 0.25) is 0 Å². The quantitative estimate of drug-likeness (QED) is 0.695. The Morgan fingerprint density at radius 3 is 2.50 bits per heavy atom. The van der Waals surface area contributed by atoms with E-state index < -0.39 is 6.10 Å². The molecule has 0 aliphatic heterocycles. The van der Waals surface area contributed by atoms with Crippen LogP contribution in [0.25, 0.3) is 0 Å². The van der Waals surface area contributed by atoms with Crippen LogP contribution in [0.1, 0.15) is 50.7 Å². The zero-order valence-electron chi connectivity index (χ0n) is 10.1. The predicted molar refractivity (Wildman–Crippen MR) is 68.1 cm³/mol. The van der Waals surface area contributed by atoms with Gasteiger partial charge in [-0.25, -0.2) is 0 Å². The number of aliphatic hydroxyl groups excluding tert-OH is 1. The lowest BCUT2D eigenvalue weighted by Crippen LogP contribution is -2.22. The first-order chi connectivity index (χ1) is 7.74. The fourth-order valence-corrected chi connectivity index (χ4v) is 1.87. The first-order valence-electron chi connectivity index (χ1n) is 6.22. The number of aliphatic hydroxyl groups is 1. The first kappa shape index (κ1) is 13.2.